The lowest BCUT2D eigenvalue weighted by molar-refractivity contribution is -0.384. The highest BCUT2D eigenvalue weighted by Gasteiger charge is 2.20. The summed E-state index contributed by atoms with van der Waals surface area (Å²) in [6.07, 6.45) is 2.50. The highest BCUT2D eigenvalue weighted by atomic mass is 16.6. The van der Waals surface area contributed by atoms with Crippen LogP contribution >= 0.6 is 0 Å². The fourth-order valence-corrected chi connectivity index (χ4v) is 2.83. The molecule has 1 unspecified atom stereocenters. The van der Waals surface area contributed by atoms with Gasteiger partial charge in [-0.2, -0.15) is 0 Å². The number of rotatable bonds is 4. The van der Waals surface area contributed by atoms with Crippen LogP contribution < -0.4 is 5.32 Å². The van der Waals surface area contributed by atoms with Gasteiger partial charge in [0, 0.05) is 26.2 Å². The molecule has 1 heterocycles. The zero-order valence-electron chi connectivity index (χ0n) is 11.6. The van der Waals surface area contributed by atoms with E-state index in [-0.39, 0.29) is 10.6 Å². The summed E-state index contributed by atoms with van der Waals surface area (Å²) in [5.41, 5.74) is 1.81. The van der Waals surface area contributed by atoms with Crippen molar-refractivity contribution in [1.82, 2.24) is 4.90 Å². The fraction of sp³-hybridized carbons (Fsp3) is 0.571. The molecular formula is C14H21N3O2. The maximum Gasteiger partial charge on any atom is 0.292 e. The molecule has 0 radical (unpaired) electrons. The maximum absolute atomic E-state index is 11.0. The molecule has 1 fully saturated rings. The number of nitro benzene ring substituents is 1. The van der Waals surface area contributed by atoms with E-state index in [4.69, 9.17) is 0 Å². The second-order valence-electron chi connectivity index (χ2n) is 5.30. The van der Waals surface area contributed by atoms with Crippen LogP contribution in [0.1, 0.15) is 25.3 Å². The van der Waals surface area contributed by atoms with Crippen molar-refractivity contribution < 1.29 is 4.92 Å². The van der Waals surface area contributed by atoms with Crippen molar-refractivity contribution in [3.63, 3.8) is 0 Å². The molecule has 0 spiro atoms. The molecule has 1 aliphatic heterocycles. The molecule has 1 aromatic rings. The SMILES string of the molecule is CNc1c(CN2CCCC(C)C2)cccc1[N+](=O)[O-]. The summed E-state index contributed by atoms with van der Waals surface area (Å²) in [5.74, 6) is 0.713. The number of likely N-dealkylation sites (tertiary alicyclic amines) is 1. The van der Waals surface area contributed by atoms with Gasteiger partial charge < -0.3 is 5.32 Å². The number of nitro groups is 1. The largest absolute Gasteiger partial charge is 0.382 e. The molecule has 0 aromatic heterocycles. The first-order valence-electron chi connectivity index (χ1n) is 6.78. The Balaban J connectivity index is 2.19. The first-order valence-corrected chi connectivity index (χ1v) is 6.78. The smallest absolute Gasteiger partial charge is 0.292 e. The minimum atomic E-state index is -0.325. The Bertz CT molecular complexity index is 462. The van der Waals surface area contributed by atoms with Gasteiger partial charge in [-0.3, -0.25) is 15.0 Å². The third-order valence-corrected chi connectivity index (χ3v) is 3.71. The van der Waals surface area contributed by atoms with Crippen molar-refractivity contribution >= 4 is 11.4 Å². The van der Waals surface area contributed by atoms with Crippen LogP contribution in [0.5, 0.6) is 0 Å². The van der Waals surface area contributed by atoms with Gasteiger partial charge in [-0.25, -0.2) is 0 Å². The summed E-state index contributed by atoms with van der Waals surface area (Å²) >= 11 is 0. The van der Waals surface area contributed by atoms with E-state index in [9.17, 15) is 10.1 Å². The monoisotopic (exact) mass is 263 g/mol. The van der Waals surface area contributed by atoms with E-state index in [1.54, 1.807) is 19.2 Å². The van der Waals surface area contributed by atoms with Crippen LogP contribution in [0.15, 0.2) is 18.2 Å². The normalized spacial score (nSPS) is 20.2. The van der Waals surface area contributed by atoms with Crippen molar-refractivity contribution in [2.24, 2.45) is 5.92 Å². The molecule has 5 nitrogen and oxygen atoms in total. The standard InChI is InChI=1S/C14H21N3O2/c1-11-5-4-8-16(9-11)10-12-6-3-7-13(17(18)19)14(12)15-2/h3,6-7,11,15H,4-5,8-10H2,1-2H3. The Hall–Kier alpha value is -1.62. The molecule has 1 aromatic carbocycles. The van der Waals surface area contributed by atoms with Crippen molar-refractivity contribution in [2.75, 3.05) is 25.5 Å². The van der Waals surface area contributed by atoms with Crippen molar-refractivity contribution in [3.8, 4) is 0 Å². The molecule has 5 heteroatoms. The highest BCUT2D eigenvalue weighted by Crippen LogP contribution is 2.29. The Morgan fingerprint density at radius 1 is 1.53 bits per heavy atom. The molecule has 0 bridgehead atoms. The molecule has 1 aliphatic rings. The van der Waals surface area contributed by atoms with E-state index >= 15 is 0 Å². The molecule has 0 amide bonds. The maximum atomic E-state index is 11.0. The van der Waals surface area contributed by atoms with Gasteiger partial charge in [-0.1, -0.05) is 19.1 Å². The van der Waals surface area contributed by atoms with E-state index in [0.717, 1.165) is 25.2 Å². The number of anilines is 1. The highest BCUT2D eigenvalue weighted by molar-refractivity contribution is 5.66. The molecular weight excluding hydrogens is 242 g/mol. The van der Waals surface area contributed by atoms with Crippen LogP contribution in [-0.2, 0) is 6.54 Å². The number of hydrogen-bond acceptors (Lipinski definition) is 4. The first kappa shape index (κ1) is 13.8. The predicted octanol–water partition coefficient (Wildman–Crippen LogP) is 2.87. The van der Waals surface area contributed by atoms with Gasteiger partial charge in [-0.05, 0) is 30.9 Å². The number of para-hydroxylation sites is 1. The average Bonchev–Trinajstić information content (AvgIpc) is 2.38. The van der Waals surface area contributed by atoms with Crippen LogP contribution in [0.25, 0.3) is 0 Å². The van der Waals surface area contributed by atoms with E-state index in [1.807, 2.05) is 6.07 Å². The summed E-state index contributed by atoms with van der Waals surface area (Å²) in [5, 5.41) is 14.0. The van der Waals surface area contributed by atoms with E-state index in [2.05, 4.69) is 17.1 Å². The molecule has 0 aliphatic carbocycles. The second kappa shape index (κ2) is 6.02. The van der Waals surface area contributed by atoms with Crippen LogP contribution in [0, 0.1) is 16.0 Å². The fourth-order valence-electron chi connectivity index (χ4n) is 2.83. The topological polar surface area (TPSA) is 58.4 Å². The Morgan fingerprint density at radius 3 is 2.95 bits per heavy atom. The van der Waals surface area contributed by atoms with Gasteiger partial charge >= 0.3 is 0 Å². The molecule has 1 atom stereocenters. The number of nitrogens with zero attached hydrogens (tertiary/aromatic N) is 2. The Labute approximate surface area is 113 Å². The van der Waals surface area contributed by atoms with Crippen LogP contribution in [0.2, 0.25) is 0 Å². The zero-order valence-corrected chi connectivity index (χ0v) is 11.6. The van der Waals surface area contributed by atoms with Gasteiger partial charge in [0.15, 0.2) is 0 Å². The van der Waals surface area contributed by atoms with E-state index < -0.39 is 0 Å². The van der Waals surface area contributed by atoms with Crippen molar-refractivity contribution in [1.29, 1.82) is 0 Å². The van der Waals surface area contributed by atoms with E-state index in [1.165, 1.54) is 12.8 Å². The third-order valence-electron chi connectivity index (χ3n) is 3.71. The molecule has 1 N–H and O–H groups in total. The lowest BCUT2D eigenvalue weighted by Gasteiger charge is -2.31. The molecule has 104 valence electrons. The zero-order chi connectivity index (χ0) is 13.8. The number of piperidine rings is 1. The Kier molecular flexibility index (Phi) is 4.37. The molecule has 19 heavy (non-hydrogen) atoms. The lowest BCUT2D eigenvalue weighted by Crippen LogP contribution is -2.33. The molecule has 1 saturated heterocycles. The minimum absolute atomic E-state index is 0.157. The lowest BCUT2D eigenvalue weighted by atomic mass is 9.99. The first-order chi connectivity index (χ1) is 9.11. The summed E-state index contributed by atoms with van der Waals surface area (Å²) in [7, 11) is 1.74. The summed E-state index contributed by atoms with van der Waals surface area (Å²) in [6, 6.07) is 5.29. The predicted molar refractivity (Wildman–Crippen MR) is 76.3 cm³/mol. The summed E-state index contributed by atoms with van der Waals surface area (Å²) in [6.45, 7) is 5.20. The van der Waals surface area contributed by atoms with Crippen molar-refractivity contribution in [3.05, 3.63) is 33.9 Å². The van der Waals surface area contributed by atoms with Gasteiger partial charge in [0.1, 0.15) is 5.69 Å². The third kappa shape index (κ3) is 3.23. The van der Waals surface area contributed by atoms with Crippen LogP contribution in [0.4, 0.5) is 11.4 Å². The Morgan fingerprint density at radius 2 is 2.32 bits per heavy atom. The number of benzene rings is 1. The van der Waals surface area contributed by atoms with Crippen molar-refractivity contribution in [2.45, 2.75) is 26.3 Å². The quantitative estimate of drug-likeness (QED) is 0.670. The van der Waals surface area contributed by atoms with Crippen LogP contribution in [-0.4, -0.2) is 30.0 Å². The van der Waals surface area contributed by atoms with E-state index in [0.29, 0.717) is 11.6 Å². The molecule has 2 rings (SSSR count). The summed E-state index contributed by atoms with van der Waals surface area (Å²) in [4.78, 5) is 13.1. The van der Waals surface area contributed by atoms with Gasteiger partial charge in [0.05, 0.1) is 4.92 Å². The van der Waals surface area contributed by atoms with Gasteiger partial charge in [0.25, 0.3) is 5.69 Å². The second-order valence-corrected chi connectivity index (χ2v) is 5.30. The van der Waals surface area contributed by atoms with Crippen LogP contribution in [0.3, 0.4) is 0 Å². The molecule has 0 saturated carbocycles. The van der Waals surface area contributed by atoms with Gasteiger partial charge in [-0.15, -0.1) is 0 Å². The number of hydrogen-bond donors (Lipinski definition) is 1. The minimum Gasteiger partial charge on any atom is -0.382 e. The average molecular weight is 263 g/mol. The summed E-state index contributed by atoms with van der Waals surface area (Å²) < 4.78 is 0. The number of nitrogens with one attached hydrogen (secondary N) is 1. The van der Waals surface area contributed by atoms with Gasteiger partial charge in [0.2, 0.25) is 0 Å².